The zero-order valence-corrected chi connectivity index (χ0v) is 9.37. The Kier molecular flexibility index (Phi) is 3.72. The lowest BCUT2D eigenvalue weighted by atomic mass is 10.0. The number of aliphatic hydroxyl groups excluding tert-OH is 3. The molecule has 0 aromatic heterocycles. The Morgan fingerprint density at radius 3 is 2.20 bits per heavy atom. The molecule has 1 aliphatic heterocycles. The first kappa shape index (κ1) is 12.9. The maximum Gasteiger partial charge on any atom is 0.154 e. The molecule has 90 valence electrons. The third-order valence-corrected chi connectivity index (χ3v) is 4.27. The minimum atomic E-state index is -3.21. The lowest BCUT2D eigenvalue weighted by Gasteiger charge is -2.30. The standard InChI is InChI=1S/C8H17NO5S/c1-8(4-10,5-11)9-6-2-15(13,14)3-7(6)12/h6-7,9-12H,2-5H2,1H3. The number of aliphatic hydroxyl groups is 3. The molecule has 0 bridgehead atoms. The Labute approximate surface area is 88.8 Å². The average Bonchev–Trinajstić information content (AvgIpc) is 2.39. The highest BCUT2D eigenvalue weighted by atomic mass is 32.2. The number of rotatable bonds is 4. The van der Waals surface area contributed by atoms with Crippen LogP contribution in [-0.2, 0) is 9.84 Å². The molecule has 6 nitrogen and oxygen atoms in total. The van der Waals surface area contributed by atoms with E-state index in [2.05, 4.69) is 5.32 Å². The van der Waals surface area contributed by atoms with E-state index in [9.17, 15) is 13.5 Å². The van der Waals surface area contributed by atoms with Crippen molar-refractivity contribution < 1.29 is 23.7 Å². The van der Waals surface area contributed by atoms with Crippen LogP contribution >= 0.6 is 0 Å². The van der Waals surface area contributed by atoms with Crippen molar-refractivity contribution in [1.82, 2.24) is 5.32 Å². The van der Waals surface area contributed by atoms with Crippen LogP contribution in [0.25, 0.3) is 0 Å². The molecule has 7 heteroatoms. The van der Waals surface area contributed by atoms with Crippen molar-refractivity contribution in [1.29, 1.82) is 0 Å². The molecular weight excluding hydrogens is 222 g/mol. The summed E-state index contributed by atoms with van der Waals surface area (Å²) >= 11 is 0. The maximum atomic E-state index is 11.2. The van der Waals surface area contributed by atoms with Gasteiger partial charge in [-0.2, -0.15) is 0 Å². The molecule has 0 aromatic carbocycles. The van der Waals surface area contributed by atoms with Gasteiger partial charge in [-0.3, -0.25) is 0 Å². The molecule has 0 amide bonds. The van der Waals surface area contributed by atoms with Crippen molar-refractivity contribution in [3.63, 3.8) is 0 Å². The second-order valence-electron chi connectivity index (χ2n) is 4.27. The summed E-state index contributed by atoms with van der Waals surface area (Å²) in [5.41, 5.74) is -0.967. The fraction of sp³-hybridized carbons (Fsp3) is 1.00. The van der Waals surface area contributed by atoms with E-state index in [0.717, 1.165) is 0 Å². The van der Waals surface area contributed by atoms with Crippen molar-refractivity contribution in [3.8, 4) is 0 Å². The Hall–Kier alpha value is -0.210. The largest absolute Gasteiger partial charge is 0.394 e. The van der Waals surface area contributed by atoms with Crippen molar-refractivity contribution in [2.24, 2.45) is 0 Å². The molecule has 1 aliphatic rings. The highest BCUT2D eigenvalue weighted by Crippen LogP contribution is 2.15. The fourth-order valence-electron chi connectivity index (χ4n) is 1.56. The lowest BCUT2D eigenvalue weighted by molar-refractivity contribution is 0.0722. The number of hydrogen-bond acceptors (Lipinski definition) is 6. The summed E-state index contributed by atoms with van der Waals surface area (Å²) in [6, 6.07) is -0.626. The smallest absolute Gasteiger partial charge is 0.154 e. The first-order valence-corrected chi connectivity index (χ1v) is 6.52. The highest BCUT2D eigenvalue weighted by Gasteiger charge is 2.39. The predicted octanol–water partition coefficient (Wildman–Crippen LogP) is -2.52. The van der Waals surface area contributed by atoms with E-state index >= 15 is 0 Å². The van der Waals surface area contributed by atoms with Gasteiger partial charge in [0.25, 0.3) is 0 Å². The van der Waals surface area contributed by atoms with E-state index in [4.69, 9.17) is 10.2 Å². The van der Waals surface area contributed by atoms with Gasteiger partial charge in [-0.15, -0.1) is 0 Å². The van der Waals surface area contributed by atoms with Gasteiger partial charge in [-0.1, -0.05) is 0 Å². The SMILES string of the molecule is CC(CO)(CO)NC1CS(=O)(=O)CC1O. The average molecular weight is 239 g/mol. The first-order valence-electron chi connectivity index (χ1n) is 4.70. The van der Waals surface area contributed by atoms with Crippen molar-refractivity contribution in [2.45, 2.75) is 24.6 Å². The van der Waals surface area contributed by atoms with Gasteiger partial charge in [0, 0.05) is 6.04 Å². The third kappa shape index (κ3) is 3.12. The fourth-order valence-corrected chi connectivity index (χ4v) is 3.30. The van der Waals surface area contributed by atoms with Crippen molar-refractivity contribution >= 4 is 9.84 Å². The molecule has 1 saturated heterocycles. The molecule has 0 spiro atoms. The van der Waals surface area contributed by atoms with Crippen LogP contribution in [0, 0.1) is 0 Å². The van der Waals surface area contributed by atoms with Gasteiger partial charge in [0.05, 0.1) is 36.4 Å². The highest BCUT2D eigenvalue weighted by molar-refractivity contribution is 7.91. The third-order valence-electron chi connectivity index (χ3n) is 2.55. The molecule has 0 saturated carbocycles. The molecule has 0 aromatic rings. The summed E-state index contributed by atoms with van der Waals surface area (Å²) in [6.07, 6.45) is -0.979. The number of nitrogens with one attached hydrogen (secondary N) is 1. The molecule has 1 fully saturated rings. The molecule has 4 N–H and O–H groups in total. The van der Waals surface area contributed by atoms with E-state index in [1.165, 1.54) is 0 Å². The molecule has 2 unspecified atom stereocenters. The van der Waals surface area contributed by atoms with Gasteiger partial charge in [0.2, 0.25) is 0 Å². The summed E-state index contributed by atoms with van der Waals surface area (Å²) in [5, 5.41) is 30.3. The second-order valence-corrected chi connectivity index (χ2v) is 6.43. The molecule has 1 heterocycles. The second kappa shape index (κ2) is 4.34. The van der Waals surface area contributed by atoms with Crippen LogP contribution in [0.2, 0.25) is 0 Å². The van der Waals surface area contributed by atoms with E-state index in [-0.39, 0.29) is 24.7 Å². The Morgan fingerprint density at radius 1 is 1.33 bits per heavy atom. The molecule has 15 heavy (non-hydrogen) atoms. The first-order chi connectivity index (χ1) is 6.82. The van der Waals surface area contributed by atoms with E-state index < -0.39 is 27.5 Å². The Bertz CT molecular complexity index is 311. The van der Waals surface area contributed by atoms with Crippen LogP contribution in [0.15, 0.2) is 0 Å². The van der Waals surface area contributed by atoms with Crippen molar-refractivity contribution in [2.75, 3.05) is 24.7 Å². The Morgan fingerprint density at radius 2 is 1.87 bits per heavy atom. The van der Waals surface area contributed by atoms with Gasteiger partial charge in [0.1, 0.15) is 0 Å². The van der Waals surface area contributed by atoms with Crippen LogP contribution in [0.5, 0.6) is 0 Å². The van der Waals surface area contributed by atoms with Crippen LogP contribution in [-0.4, -0.2) is 66.1 Å². The molecule has 1 rings (SSSR count). The minimum absolute atomic E-state index is 0.163. The Balaban J connectivity index is 2.67. The van der Waals surface area contributed by atoms with Crippen molar-refractivity contribution in [3.05, 3.63) is 0 Å². The molecule has 0 aliphatic carbocycles. The lowest BCUT2D eigenvalue weighted by Crippen LogP contribution is -2.56. The summed E-state index contributed by atoms with van der Waals surface area (Å²) in [4.78, 5) is 0. The summed E-state index contributed by atoms with van der Waals surface area (Å²) in [7, 11) is -3.21. The monoisotopic (exact) mass is 239 g/mol. The van der Waals surface area contributed by atoms with E-state index in [0.29, 0.717) is 0 Å². The topological polar surface area (TPSA) is 107 Å². The number of hydrogen-bond donors (Lipinski definition) is 4. The van der Waals surface area contributed by atoms with Gasteiger partial charge in [0.15, 0.2) is 9.84 Å². The number of sulfone groups is 1. The summed E-state index contributed by atoms with van der Waals surface area (Å²) in [5.74, 6) is -0.429. The van der Waals surface area contributed by atoms with E-state index in [1.807, 2.05) is 0 Å². The normalized spacial score (nSPS) is 30.7. The zero-order valence-electron chi connectivity index (χ0n) is 8.55. The summed E-state index contributed by atoms with van der Waals surface area (Å²) in [6.45, 7) is 0.907. The quantitative estimate of drug-likeness (QED) is 0.431. The van der Waals surface area contributed by atoms with Crippen LogP contribution < -0.4 is 5.32 Å². The van der Waals surface area contributed by atoms with Gasteiger partial charge in [-0.05, 0) is 6.92 Å². The minimum Gasteiger partial charge on any atom is -0.394 e. The van der Waals surface area contributed by atoms with Gasteiger partial charge in [-0.25, -0.2) is 8.42 Å². The maximum absolute atomic E-state index is 11.2. The van der Waals surface area contributed by atoms with E-state index in [1.54, 1.807) is 6.92 Å². The summed E-state index contributed by atoms with van der Waals surface area (Å²) < 4.78 is 22.4. The van der Waals surface area contributed by atoms with Gasteiger partial charge >= 0.3 is 0 Å². The van der Waals surface area contributed by atoms with Crippen LogP contribution in [0.4, 0.5) is 0 Å². The van der Waals surface area contributed by atoms with Crippen LogP contribution in [0.3, 0.4) is 0 Å². The zero-order chi connectivity index (χ0) is 11.7. The molecular formula is C8H17NO5S. The van der Waals surface area contributed by atoms with Crippen LogP contribution in [0.1, 0.15) is 6.92 Å². The molecule has 2 atom stereocenters. The predicted molar refractivity (Wildman–Crippen MR) is 54.2 cm³/mol. The van der Waals surface area contributed by atoms with Gasteiger partial charge < -0.3 is 20.6 Å². The molecule has 0 radical (unpaired) electrons.